The number of nitrogens with zero attached hydrogens (tertiary/aromatic N) is 1. The number of nitrogens with one attached hydrogen (secondary N) is 1. The van der Waals surface area contributed by atoms with Crippen molar-refractivity contribution in [3.8, 4) is 0 Å². The molecule has 1 saturated heterocycles. The molecule has 0 spiro atoms. The van der Waals surface area contributed by atoms with E-state index in [1.165, 1.54) is 23.3 Å². The number of carbonyl (C=O) groups excluding carboxylic acids is 1. The van der Waals surface area contributed by atoms with Gasteiger partial charge in [-0.1, -0.05) is 42.0 Å². The Morgan fingerprint density at radius 1 is 1.11 bits per heavy atom. The van der Waals surface area contributed by atoms with Gasteiger partial charge in [0.15, 0.2) is 0 Å². The van der Waals surface area contributed by atoms with Gasteiger partial charge in [0.25, 0.3) is 0 Å². The van der Waals surface area contributed by atoms with E-state index < -0.39 is 0 Å². The van der Waals surface area contributed by atoms with E-state index in [1.54, 1.807) is 12.1 Å². The maximum Gasteiger partial charge on any atom is 0.220 e. The third-order valence-electron chi connectivity index (χ3n) is 5.00. The Bertz CT molecular complexity index is 725. The number of morpholine rings is 1. The Balaban J connectivity index is 1.57. The zero-order valence-electron chi connectivity index (χ0n) is 15.8. The van der Waals surface area contributed by atoms with Crippen molar-refractivity contribution in [1.29, 1.82) is 0 Å². The third-order valence-corrected chi connectivity index (χ3v) is 5.00. The molecule has 3 rings (SSSR count). The molecule has 0 bridgehead atoms. The molecule has 1 atom stereocenters. The van der Waals surface area contributed by atoms with Gasteiger partial charge in [0, 0.05) is 26.1 Å². The highest BCUT2D eigenvalue weighted by molar-refractivity contribution is 5.76. The zero-order chi connectivity index (χ0) is 19.1. The van der Waals surface area contributed by atoms with Crippen LogP contribution in [0, 0.1) is 12.7 Å². The molecule has 1 unspecified atom stereocenters. The third kappa shape index (κ3) is 5.88. The maximum absolute atomic E-state index is 13.3. The Hall–Kier alpha value is -2.24. The smallest absolute Gasteiger partial charge is 0.220 e. The Morgan fingerprint density at radius 2 is 1.78 bits per heavy atom. The molecule has 2 aromatic rings. The summed E-state index contributed by atoms with van der Waals surface area (Å²) in [4.78, 5) is 14.6. The molecule has 1 aliphatic heterocycles. The molecule has 1 fully saturated rings. The van der Waals surface area contributed by atoms with Gasteiger partial charge in [-0.25, -0.2) is 4.39 Å². The second-order valence-electron chi connectivity index (χ2n) is 7.01. The molecule has 0 aromatic heterocycles. The lowest BCUT2D eigenvalue weighted by Crippen LogP contribution is -2.43. The second kappa shape index (κ2) is 9.62. The van der Waals surface area contributed by atoms with E-state index in [0.717, 1.165) is 25.1 Å². The number of halogens is 1. The minimum absolute atomic E-state index is 0.0258. The molecule has 27 heavy (non-hydrogen) atoms. The first-order valence-electron chi connectivity index (χ1n) is 9.51. The SMILES string of the molecule is Cc1ccc(CCC(=O)NCC(c2ccc(F)cc2)N2CCOCC2)cc1. The van der Waals surface area contributed by atoms with Crippen molar-refractivity contribution in [2.75, 3.05) is 32.8 Å². The second-order valence-corrected chi connectivity index (χ2v) is 7.01. The summed E-state index contributed by atoms with van der Waals surface area (Å²) in [6.07, 6.45) is 1.19. The summed E-state index contributed by atoms with van der Waals surface area (Å²) >= 11 is 0. The molecule has 0 saturated carbocycles. The van der Waals surface area contributed by atoms with Crippen LogP contribution in [0.5, 0.6) is 0 Å². The average molecular weight is 370 g/mol. The van der Waals surface area contributed by atoms with E-state index in [4.69, 9.17) is 4.74 Å². The number of hydrogen-bond acceptors (Lipinski definition) is 3. The van der Waals surface area contributed by atoms with Crippen molar-refractivity contribution in [2.24, 2.45) is 0 Å². The molecule has 0 aliphatic carbocycles. The van der Waals surface area contributed by atoms with Gasteiger partial charge in [-0.2, -0.15) is 0 Å². The van der Waals surface area contributed by atoms with Crippen LogP contribution in [0.25, 0.3) is 0 Å². The first kappa shape index (κ1) is 19.5. The summed E-state index contributed by atoms with van der Waals surface area (Å²) < 4.78 is 18.7. The maximum atomic E-state index is 13.3. The van der Waals surface area contributed by atoms with Crippen LogP contribution in [0.15, 0.2) is 48.5 Å². The van der Waals surface area contributed by atoms with Crippen LogP contribution in [0.1, 0.15) is 29.2 Å². The number of carbonyl (C=O) groups is 1. The molecule has 1 amide bonds. The van der Waals surface area contributed by atoms with Crippen LogP contribution < -0.4 is 5.32 Å². The quantitative estimate of drug-likeness (QED) is 0.813. The van der Waals surface area contributed by atoms with Crippen molar-refractivity contribution < 1.29 is 13.9 Å². The predicted octanol–water partition coefficient (Wildman–Crippen LogP) is 3.26. The summed E-state index contributed by atoms with van der Waals surface area (Å²) in [6, 6.07) is 14.8. The topological polar surface area (TPSA) is 41.6 Å². The molecular formula is C22H27FN2O2. The van der Waals surface area contributed by atoms with Gasteiger partial charge in [-0.15, -0.1) is 0 Å². The minimum atomic E-state index is -0.249. The first-order chi connectivity index (χ1) is 13.1. The van der Waals surface area contributed by atoms with Gasteiger partial charge in [-0.05, 0) is 36.6 Å². The normalized spacial score (nSPS) is 16.1. The molecular weight excluding hydrogens is 343 g/mol. The molecule has 1 aliphatic rings. The number of ether oxygens (including phenoxy) is 1. The van der Waals surface area contributed by atoms with Gasteiger partial charge in [0.05, 0.1) is 19.3 Å². The summed E-state index contributed by atoms with van der Waals surface area (Å²) in [5, 5.41) is 3.06. The molecule has 5 heteroatoms. The number of hydrogen-bond donors (Lipinski definition) is 1. The largest absolute Gasteiger partial charge is 0.379 e. The Labute approximate surface area is 160 Å². The highest BCUT2D eigenvalue weighted by Gasteiger charge is 2.23. The molecule has 144 valence electrons. The van der Waals surface area contributed by atoms with Crippen molar-refractivity contribution in [2.45, 2.75) is 25.8 Å². The molecule has 0 radical (unpaired) electrons. The van der Waals surface area contributed by atoms with Gasteiger partial charge in [-0.3, -0.25) is 9.69 Å². The fraction of sp³-hybridized carbons (Fsp3) is 0.409. The van der Waals surface area contributed by atoms with E-state index in [9.17, 15) is 9.18 Å². The number of benzene rings is 2. The van der Waals surface area contributed by atoms with Gasteiger partial charge in [0.2, 0.25) is 5.91 Å². The van der Waals surface area contributed by atoms with E-state index in [1.807, 2.05) is 0 Å². The lowest BCUT2D eigenvalue weighted by Gasteiger charge is -2.35. The summed E-state index contributed by atoms with van der Waals surface area (Å²) in [5.74, 6) is -0.211. The van der Waals surface area contributed by atoms with Gasteiger partial charge < -0.3 is 10.1 Å². The molecule has 2 aromatic carbocycles. The highest BCUT2D eigenvalue weighted by atomic mass is 19.1. The van der Waals surface area contributed by atoms with Gasteiger partial charge in [0.1, 0.15) is 5.82 Å². The van der Waals surface area contributed by atoms with Crippen molar-refractivity contribution in [3.05, 3.63) is 71.0 Å². The van der Waals surface area contributed by atoms with Crippen LogP contribution in [0.3, 0.4) is 0 Å². The van der Waals surface area contributed by atoms with Crippen LogP contribution in [-0.2, 0) is 16.0 Å². The number of aryl methyl sites for hydroxylation is 2. The lowest BCUT2D eigenvalue weighted by molar-refractivity contribution is -0.121. The summed E-state index contributed by atoms with van der Waals surface area (Å²) in [6.45, 7) is 5.54. The predicted molar refractivity (Wildman–Crippen MR) is 104 cm³/mol. The van der Waals surface area contributed by atoms with Gasteiger partial charge >= 0.3 is 0 Å². The van der Waals surface area contributed by atoms with Crippen LogP contribution >= 0.6 is 0 Å². The van der Waals surface area contributed by atoms with Crippen LogP contribution in [-0.4, -0.2) is 43.7 Å². The Kier molecular flexibility index (Phi) is 6.96. The molecule has 1 N–H and O–H groups in total. The van der Waals surface area contributed by atoms with Crippen LogP contribution in [0.4, 0.5) is 4.39 Å². The summed E-state index contributed by atoms with van der Waals surface area (Å²) in [5.41, 5.74) is 3.40. The molecule has 4 nitrogen and oxygen atoms in total. The standard InChI is InChI=1S/C22H27FN2O2/c1-17-2-4-18(5-3-17)6-11-22(26)24-16-21(25-12-14-27-15-13-25)19-7-9-20(23)10-8-19/h2-5,7-10,21H,6,11-16H2,1H3,(H,24,26). The fourth-order valence-corrected chi connectivity index (χ4v) is 3.34. The Morgan fingerprint density at radius 3 is 2.44 bits per heavy atom. The van der Waals surface area contributed by atoms with E-state index in [0.29, 0.717) is 26.2 Å². The number of amides is 1. The van der Waals surface area contributed by atoms with E-state index >= 15 is 0 Å². The average Bonchev–Trinajstić information content (AvgIpc) is 2.70. The van der Waals surface area contributed by atoms with Crippen molar-refractivity contribution in [1.82, 2.24) is 10.2 Å². The van der Waals surface area contributed by atoms with Crippen molar-refractivity contribution in [3.63, 3.8) is 0 Å². The van der Waals surface area contributed by atoms with Crippen molar-refractivity contribution >= 4 is 5.91 Å². The van der Waals surface area contributed by atoms with E-state index in [-0.39, 0.29) is 17.8 Å². The monoisotopic (exact) mass is 370 g/mol. The highest BCUT2D eigenvalue weighted by Crippen LogP contribution is 2.21. The molecule has 1 heterocycles. The summed E-state index contributed by atoms with van der Waals surface area (Å²) in [7, 11) is 0. The first-order valence-corrected chi connectivity index (χ1v) is 9.51. The minimum Gasteiger partial charge on any atom is -0.379 e. The van der Waals surface area contributed by atoms with E-state index in [2.05, 4.69) is 41.4 Å². The number of rotatable bonds is 7. The zero-order valence-corrected chi connectivity index (χ0v) is 15.8. The van der Waals surface area contributed by atoms with Crippen LogP contribution in [0.2, 0.25) is 0 Å². The fourth-order valence-electron chi connectivity index (χ4n) is 3.34. The lowest BCUT2D eigenvalue weighted by atomic mass is 10.0.